The fraction of sp³-hybridized carbons (Fsp3) is 0.714. The van der Waals surface area contributed by atoms with E-state index >= 15 is 0 Å². The molecule has 0 bridgehead atoms. The van der Waals surface area contributed by atoms with Crippen LogP contribution in [-0.2, 0) is 0 Å². The zero-order valence-electron chi connectivity index (χ0n) is 7.49. The van der Waals surface area contributed by atoms with Crippen molar-refractivity contribution in [3.63, 3.8) is 0 Å². The van der Waals surface area contributed by atoms with Crippen molar-refractivity contribution in [3.05, 3.63) is 0 Å². The van der Waals surface area contributed by atoms with Crippen molar-refractivity contribution in [1.82, 2.24) is 10.2 Å². The van der Waals surface area contributed by atoms with Crippen LogP contribution in [0.5, 0.6) is 0 Å². The largest absolute Gasteiger partial charge is 0.175 e. The molecule has 0 saturated heterocycles. The molecule has 13 heavy (non-hydrogen) atoms. The lowest BCUT2D eigenvalue weighted by Crippen LogP contribution is -1.98. The van der Waals surface area contributed by atoms with Gasteiger partial charge in [0.1, 0.15) is 0 Å². The van der Waals surface area contributed by atoms with Gasteiger partial charge in [0, 0.05) is 11.1 Å². The lowest BCUT2D eigenvalue weighted by Gasteiger charge is -2.02. The Labute approximate surface area is 99.4 Å². The monoisotopic (exact) mass is 298 g/mol. The van der Waals surface area contributed by atoms with Crippen LogP contribution in [0.25, 0.3) is 0 Å². The molecular weight excluding hydrogens is 288 g/mol. The maximum absolute atomic E-state index is 4.09. The SMILES string of the molecule is CSc1nnc(SCC(C)CBr)s1. The third-order valence-electron chi connectivity index (χ3n) is 1.32. The molecule has 1 aromatic heterocycles. The number of thioether (sulfide) groups is 2. The molecule has 1 atom stereocenters. The molecule has 1 heterocycles. The van der Waals surface area contributed by atoms with Crippen LogP contribution >= 0.6 is 50.8 Å². The molecule has 0 fully saturated rings. The quantitative estimate of drug-likeness (QED) is 0.615. The van der Waals surface area contributed by atoms with E-state index in [4.69, 9.17) is 0 Å². The minimum Gasteiger partial charge on any atom is -0.131 e. The Hall–Kier alpha value is 0.740. The summed E-state index contributed by atoms with van der Waals surface area (Å²) in [7, 11) is 0. The maximum atomic E-state index is 4.09. The van der Waals surface area contributed by atoms with Crippen LogP contribution in [0, 0.1) is 5.92 Å². The summed E-state index contributed by atoms with van der Waals surface area (Å²) in [5, 5.41) is 9.18. The van der Waals surface area contributed by atoms with Gasteiger partial charge in [-0.3, -0.25) is 0 Å². The molecule has 1 rings (SSSR count). The van der Waals surface area contributed by atoms with E-state index in [0.717, 1.165) is 19.8 Å². The fourth-order valence-corrected chi connectivity index (χ4v) is 3.61. The van der Waals surface area contributed by atoms with Gasteiger partial charge < -0.3 is 0 Å². The molecule has 0 aliphatic carbocycles. The van der Waals surface area contributed by atoms with E-state index in [9.17, 15) is 0 Å². The first kappa shape index (κ1) is 11.8. The van der Waals surface area contributed by atoms with Gasteiger partial charge in [0.15, 0.2) is 8.68 Å². The minimum absolute atomic E-state index is 0.687. The predicted molar refractivity (Wildman–Crippen MR) is 65.4 cm³/mol. The van der Waals surface area contributed by atoms with Crippen molar-refractivity contribution in [1.29, 1.82) is 0 Å². The van der Waals surface area contributed by atoms with Gasteiger partial charge in [0.05, 0.1) is 0 Å². The highest BCUT2D eigenvalue weighted by Crippen LogP contribution is 2.28. The summed E-state index contributed by atoms with van der Waals surface area (Å²) in [5.74, 6) is 1.79. The molecular formula is C7H11BrN2S3. The average Bonchev–Trinajstić information content (AvgIpc) is 2.61. The topological polar surface area (TPSA) is 25.8 Å². The molecule has 1 unspecified atom stereocenters. The Balaban J connectivity index is 2.36. The van der Waals surface area contributed by atoms with Crippen LogP contribution in [0.4, 0.5) is 0 Å². The second kappa shape index (κ2) is 6.27. The third-order valence-corrected chi connectivity index (χ3v) is 5.78. The molecule has 1 aromatic rings. The van der Waals surface area contributed by atoms with Crippen molar-refractivity contribution in [3.8, 4) is 0 Å². The molecule has 2 nitrogen and oxygen atoms in total. The van der Waals surface area contributed by atoms with Gasteiger partial charge >= 0.3 is 0 Å². The lowest BCUT2D eigenvalue weighted by atomic mass is 10.3. The van der Waals surface area contributed by atoms with Crippen molar-refractivity contribution in [2.45, 2.75) is 15.6 Å². The maximum Gasteiger partial charge on any atom is 0.175 e. The smallest absolute Gasteiger partial charge is 0.131 e. The Bertz CT molecular complexity index is 254. The van der Waals surface area contributed by atoms with Crippen molar-refractivity contribution < 1.29 is 0 Å². The van der Waals surface area contributed by atoms with Crippen molar-refractivity contribution in [2.24, 2.45) is 5.92 Å². The summed E-state index contributed by atoms with van der Waals surface area (Å²) < 4.78 is 2.13. The fourth-order valence-electron chi connectivity index (χ4n) is 0.596. The summed E-state index contributed by atoms with van der Waals surface area (Å²) in [6, 6.07) is 0. The summed E-state index contributed by atoms with van der Waals surface area (Å²) in [4.78, 5) is 0. The molecule has 6 heteroatoms. The Kier molecular flexibility index (Phi) is 5.69. The molecule has 74 valence electrons. The number of rotatable bonds is 5. The summed E-state index contributed by atoms with van der Waals surface area (Å²) in [5.41, 5.74) is 0. The van der Waals surface area contributed by atoms with Crippen LogP contribution in [-0.4, -0.2) is 27.5 Å². The number of halogens is 1. The van der Waals surface area contributed by atoms with E-state index in [0.29, 0.717) is 5.92 Å². The van der Waals surface area contributed by atoms with Gasteiger partial charge in [-0.25, -0.2) is 0 Å². The molecule has 0 aliphatic heterocycles. The number of nitrogens with zero attached hydrogens (tertiary/aromatic N) is 2. The van der Waals surface area contributed by atoms with Gasteiger partial charge in [-0.15, -0.1) is 10.2 Å². The number of aromatic nitrogens is 2. The van der Waals surface area contributed by atoms with Crippen LogP contribution in [0.15, 0.2) is 8.68 Å². The van der Waals surface area contributed by atoms with Gasteiger partial charge in [-0.1, -0.05) is 57.7 Å². The van der Waals surface area contributed by atoms with Gasteiger partial charge in [-0.05, 0) is 12.2 Å². The van der Waals surface area contributed by atoms with Crippen LogP contribution < -0.4 is 0 Å². The molecule has 0 saturated carbocycles. The van der Waals surface area contributed by atoms with E-state index in [1.165, 1.54) is 0 Å². The summed E-state index contributed by atoms with van der Waals surface area (Å²) in [6.07, 6.45) is 2.02. The Morgan fingerprint density at radius 3 is 2.69 bits per heavy atom. The molecule has 0 spiro atoms. The Morgan fingerprint density at radius 1 is 1.46 bits per heavy atom. The van der Waals surface area contributed by atoms with E-state index in [1.807, 2.05) is 6.26 Å². The van der Waals surface area contributed by atoms with Crippen LogP contribution in [0.2, 0.25) is 0 Å². The second-order valence-corrected chi connectivity index (χ2v) is 6.55. The van der Waals surface area contributed by atoms with E-state index < -0.39 is 0 Å². The average molecular weight is 299 g/mol. The number of hydrogen-bond acceptors (Lipinski definition) is 5. The molecule has 0 aromatic carbocycles. The van der Waals surface area contributed by atoms with E-state index in [1.54, 1.807) is 34.9 Å². The van der Waals surface area contributed by atoms with Crippen LogP contribution in [0.1, 0.15) is 6.92 Å². The van der Waals surface area contributed by atoms with Gasteiger partial charge in [0.25, 0.3) is 0 Å². The predicted octanol–water partition coefficient (Wildman–Crippen LogP) is 3.38. The molecule has 0 aliphatic rings. The zero-order valence-corrected chi connectivity index (χ0v) is 11.5. The van der Waals surface area contributed by atoms with Crippen LogP contribution in [0.3, 0.4) is 0 Å². The van der Waals surface area contributed by atoms with E-state index in [2.05, 4.69) is 33.1 Å². The highest BCUT2D eigenvalue weighted by Gasteiger charge is 2.06. The van der Waals surface area contributed by atoms with Gasteiger partial charge in [-0.2, -0.15) is 0 Å². The highest BCUT2D eigenvalue weighted by atomic mass is 79.9. The zero-order chi connectivity index (χ0) is 9.68. The molecule has 0 radical (unpaired) electrons. The third kappa shape index (κ3) is 4.18. The highest BCUT2D eigenvalue weighted by molar-refractivity contribution is 9.09. The lowest BCUT2D eigenvalue weighted by molar-refractivity contribution is 0.769. The second-order valence-electron chi connectivity index (χ2n) is 2.61. The summed E-state index contributed by atoms with van der Waals surface area (Å²) in [6.45, 7) is 2.22. The normalized spacial score (nSPS) is 13.2. The van der Waals surface area contributed by atoms with Crippen molar-refractivity contribution in [2.75, 3.05) is 17.3 Å². The van der Waals surface area contributed by atoms with Gasteiger partial charge in [0.2, 0.25) is 0 Å². The molecule has 0 N–H and O–H groups in total. The van der Waals surface area contributed by atoms with E-state index in [-0.39, 0.29) is 0 Å². The molecule has 0 amide bonds. The Morgan fingerprint density at radius 2 is 2.15 bits per heavy atom. The first-order valence-electron chi connectivity index (χ1n) is 3.82. The first-order valence-corrected chi connectivity index (χ1v) is 7.97. The number of hydrogen-bond donors (Lipinski definition) is 0. The summed E-state index contributed by atoms with van der Waals surface area (Å²) >= 11 is 8.57. The van der Waals surface area contributed by atoms with Crippen molar-refractivity contribution >= 4 is 50.8 Å². The number of alkyl halides is 1. The first-order chi connectivity index (χ1) is 6.26. The standard InChI is InChI=1S/C7H11BrN2S3/c1-5(3-8)4-12-7-10-9-6(11-2)13-7/h5H,3-4H2,1-2H3. The minimum atomic E-state index is 0.687.